The first-order chi connectivity index (χ1) is 5.70. The lowest BCUT2D eigenvalue weighted by Gasteiger charge is -2.01. The average Bonchev–Trinajstić information content (AvgIpc) is 2.42. The van der Waals surface area contributed by atoms with E-state index >= 15 is 0 Å². The first-order valence-corrected chi connectivity index (χ1v) is 3.53. The number of nitrogens with zero attached hydrogens (tertiary/aromatic N) is 1. The number of fused-ring (bicyclic) bond motifs is 1. The summed E-state index contributed by atoms with van der Waals surface area (Å²) in [6.45, 7) is 0. The monoisotopic (exact) mass is 163 g/mol. The summed E-state index contributed by atoms with van der Waals surface area (Å²) in [7, 11) is 0. The van der Waals surface area contributed by atoms with Crippen LogP contribution in [0.15, 0.2) is 24.4 Å². The maximum Gasteiger partial charge on any atom is 0.125 e. The van der Waals surface area contributed by atoms with Gasteiger partial charge in [-0.15, -0.1) is 0 Å². The first kappa shape index (κ1) is 6.84. The van der Waals surface area contributed by atoms with Gasteiger partial charge in [0.1, 0.15) is 5.75 Å². The molecule has 2 aromatic rings. The van der Waals surface area contributed by atoms with Gasteiger partial charge in [0.2, 0.25) is 0 Å². The molecule has 1 aromatic carbocycles. The molecule has 12 heavy (non-hydrogen) atoms. The number of rotatable bonds is 0. The molecule has 0 atom stereocenters. The number of aromatic nitrogens is 1. The predicted molar refractivity (Wildman–Crippen MR) is 48.2 cm³/mol. The van der Waals surface area contributed by atoms with Crippen molar-refractivity contribution in [2.24, 2.45) is 0 Å². The van der Waals surface area contributed by atoms with Gasteiger partial charge in [0.15, 0.2) is 0 Å². The zero-order chi connectivity index (χ0) is 8.72. The molecule has 4 heteroatoms. The van der Waals surface area contributed by atoms with Crippen molar-refractivity contribution >= 4 is 16.6 Å². The fourth-order valence-corrected chi connectivity index (χ4v) is 1.30. The van der Waals surface area contributed by atoms with Gasteiger partial charge in [0.25, 0.3) is 0 Å². The Balaban J connectivity index is 2.98. The second-order valence-electron chi connectivity index (χ2n) is 2.66. The van der Waals surface area contributed by atoms with Gasteiger partial charge in [-0.2, -0.15) is 0 Å². The van der Waals surface area contributed by atoms with Crippen LogP contribution in [-0.2, 0) is 0 Å². The summed E-state index contributed by atoms with van der Waals surface area (Å²) in [5.74, 6) is 5.77. The molecule has 0 bridgehead atoms. The lowest BCUT2D eigenvalue weighted by molar-refractivity contribution is 0.482. The second kappa shape index (κ2) is 2.07. The van der Waals surface area contributed by atoms with E-state index in [1.54, 1.807) is 24.4 Å². The number of nitrogens with two attached hydrogens (primary N) is 2. The molecule has 0 unspecified atom stereocenters. The van der Waals surface area contributed by atoms with Crippen molar-refractivity contribution in [3.05, 3.63) is 24.4 Å². The number of hydrogen-bond donors (Lipinski definition) is 3. The van der Waals surface area contributed by atoms with E-state index in [-0.39, 0.29) is 5.75 Å². The van der Waals surface area contributed by atoms with E-state index in [0.717, 1.165) is 0 Å². The highest BCUT2D eigenvalue weighted by molar-refractivity contribution is 5.94. The Labute approximate surface area is 69.0 Å². The average molecular weight is 163 g/mol. The molecule has 0 aliphatic rings. The third kappa shape index (κ3) is 0.717. The lowest BCUT2D eigenvalue weighted by atomic mass is 10.2. The van der Waals surface area contributed by atoms with Crippen molar-refractivity contribution in [3.8, 4) is 5.75 Å². The first-order valence-electron chi connectivity index (χ1n) is 3.53. The summed E-state index contributed by atoms with van der Waals surface area (Å²) in [5, 5.41) is 10.1. The highest BCUT2D eigenvalue weighted by Gasteiger charge is 2.05. The van der Waals surface area contributed by atoms with Crippen LogP contribution < -0.4 is 11.6 Å². The molecule has 4 nitrogen and oxygen atoms in total. The molecular weight excluding hydrogens is 154 g/mol. The molecule has 5 N–H and O–H groups in total. The number of hydrogen-bond acceptors (Lipinski definition) is 3. The predicted octanol–water partition coefficient (Wildman–Crippen LogP) is 0.643. The van der Waals surface area contributed by atoms with Gasteiger partial charge < -0.3 is 16.7 Å². The van der Waals surface area contributed by atoms with Crippen molar-refractivity contribution in [1.82, 2.24) is 4.68 Å². The summed E-state index contributed by atoms with van der Waals surface area (Å²) in [5.41, 5.74) is 6.89. The molecule has 0 spiro atoms. The number of benzene rings is 1. The van der Waals surface area contributed by atoms with Crippen LogP contribution in [0.2, 0.25) is 0 Å². The molecule has 0 aliphatic heterocycles. The largest absolute Gasteiger partial charge is 0.507 e. The number of phenols is 1. The number of aromatic hydroxyl groups is 1. The van der Waals surface area contributed by atoms with Crippen molar-refractivity contribution in [2.45, 2.75) is 0 Å². The quantitative estimate of drug-likeness (QED) is 0.303. The molecule has 0 saturated heterocycles. The Hall–Kier alpha value is -1.84. The van der Waals surface area contributed by atoms with Crippen molar-refractivity contribution < 1.29 is 5.11 Å². The Bertz CT molecular complexity index is 433. The number of nitrogen functional groups attached to an aromatic ring is 2. The van der Waals surface area contributed by atoms with E-state index in [9.17, 15) is 5.11 Å². The minimum Gasteiger partial charge on any atom is -0.507 e. The normalized spacial score (nSPS) is 10.7. The summed E-state index contributed by atoms with van der Waals surface area (Å²) in [4.78, 5) is 0. The summed E-state index contributed by atoms with van der Waals surface area (Å²) >= 11 is 0. The van der Waals surface area contributed by atoms with Gasteiger partial charge >= 0.3 is 0 Å². The SMILES string of the molecule is Nc1ccc(O)c2ccn(N)c12. The van der Waals surface area contributed by atoms with Gasteiger partial charge in [0.05, 0.1) is 11.2 Å². The van der Waals surface area contributed by atoms with Crippen LogP contribution in [0.25, 0.3) is 10.9 Å². The van der Waals surface area contributed by atoms with Crippen LogP contribution in [0.4, 0.5) is 5.69 Å². The van der Waals surface area contributed by atoms with E-state index in [2.05, 4.69) is 0 Å². The minimum absolute atomic E-state index is 0.198. The maximum absolute atomic E-state index is 9.38. The molecule has 0 amide bonds. The zero-order valence-electron chi connectivity index (χ0n) is 6.36. The highest BCUT2D eigenvalue weighted by atomic mass is 16.3. The number of anilines is 1. The molecule has 62 valence electrons. The van der Waals surface area contributed by atoms with Crippen LogP contribution in [0.1, 0.15) is 0 Å². The van der Waals surface area contributed by atoms with Gasteiger partial charge in [-0.05, 0) is 18.2 Å². The summed E-state index contributed by atoms with van der Waals surface area (Å²) in [6.07, 6.45) is 1.65. The molecule has 0 aliphatic carbocycles. The van der Waals surface area contributed by atoms with E-state index in [1.807, 2.05) is 0 Å². The van der Waals surface area contributed by atoms with Crippen LogP contribution in [0, 0.1) is 0 Å². The van der Waals surface area contributed by atoms with Crippen molar-refractivity contribution in [3.63, 3.8) is 0 Å². The Kier molecular flexibility index (Phi) is 1.18. The van der Waals surface area contributed by atoms with Crippen LogP contribution >= 0.6 is 0 Å². The topological polar surface area (TPSA) is 77.2 Å². The fourth-order valence-electron chi connectivity index (χ4n) is 1.30. The molecule has 0 radical (unpaired) electrons. The summed E-state index contributed by atoms with van der Waals surface area (Å²) in [6, 6.07) is 4.90. The third-order valence-electron chi connectivity index (χ3n) is 1.89. The van der Waals surface area contributed by atoms with Crippen LogP contribution in [0.3, 0.4) is 0 Å². The van der Waals surface area contributed by atoms with Gasteiger partial charge in [0, 0.05) is 11.6 Å². The third-order valence-corrected chi connectivity index (χ3v) is 1.89. The van der Waals surface area contributed by atoms with Crippen LogP contribution in [-0.4, -0.2) is 9.78 Å². The molecular formula is C8H9N3O. The van der Waals surface area contributed by atoms with E-state index < -0.39 is 0 Å². The molecule has 0 saturated carbocycles. The van der Waals surface area contributed by atoms with E-state index in [4.69, 9.17) is 11.6 Å². The summed E-state index contributed by atoms with van der Waals surface area (Å²) < 4.78 is 1.39. The second-order valence-corrected chi connectivity index (χ2v) is 2.66. The minimum atomic E-state index is 0.198. The van der Waals surface area contributed by atoms with E-state index in [1.165, 1.54) is 4.68 Å². The molecule has 1 aromatic heterocycles. The van der Waals surface area contributed by atoms with Crippen molar-refractivity contribution in [1.29, 1.82) is 0 Å². The van der Waals surface area contributed by atoms with E-state index in [0.29, 0.717) is 16.6 Å². The van der Waals surface area contributed by atoms with Crippen LogP contribution in [0.5, 0.6) is 5.75 Å². The highest BCUT2D eigenvalue weighted by Crippen LogP contribution is 2.28. The smallest absolute Gasteiger partial charge is 0.125 e. The standard InChI is InChI=1S/C8H9N3O/c9-6-1-2-7(12)5-3-4-11(10)8(5)6/h1-4,12H,9-10H2. The van der Waals surface area contributed by atoms with Gasteiger partial charge in [-0.3, -0.25) is 4.68 Å². The fraction of sp³-hybridized carbons (Fsp3) is 0. The Morgan fingerprint density at radius 1 is 1.25 bits per heavy atom. The van der Waals surface area contributed by atoms with Gasteiger partial charge in [-0.1, -0.05) is 0 Å². The van der Waals surface area contributed by atoms with Gasteiger partial charge in [-0.25, -0.2) is 0 Å². The molecule has 1 heterocycles. The molecule has 2 rings (SSSR count). The zero-order valence-corrected chi connectivity index (χ0v) is 6.36. The Morgan fingerprint density at radius 2 is 2.00 bits per heavy atom. The lowest BCUT2D eigenvalue weighted by Crippen LogP contribution is -2.06. The van der Waals surface area contributed by atoms with Crippen molar-refractivity contribution in [2.75, 3.05) is 11.6 Å². The Morgan fingerprint density at radius 3 is 2.67 bits per heavy atom. The molecule has 0 fully saturated rings. The number of phenolic OH excluding ortho intramolecular Hbond substituents is 1. The maximum atomic E-state index is 9.38.